The normalized spacial score (nSPS) is 15.9. The van der Waals surface area contributed by atoms with Crippen LogP contribution in [0.15, 0.2) is 48.5 Å². The van der Waals surface area contributed by atoms with Gasteiger partial charge < -0.3 is 24.4 Å². The summed E-state index contributed by atoms with van der Waals surface area (Å²) in [4.78, 5) is 41.2. The van der Waals surface area contributed by atoms with Crippen LogP contribution >= 0.6 is 0 Å². The quantitative estimate of drug-likeness (QED) is 0.618. The number of benzene rings is 2. The van der Waals surface area contributed by atoms with E-state index in [4.69, 9.17) is 14.2 Å². The van der Waals surface area contributed by atoms with Gasteiger partial charge in [0.05, 0.1) is 32.9 Å². The fourth-order valence-corrected chi connectivity index (χ4v) is 3.33. The van der Waals surface area contributed by atoms with Crippen molar-refractivity contribution in [2.24, 2.45) is 0 Å². The molecular formula is C22H25N3O6. The van der Waals surface area contributed by atoms with Crippen LogP contribution in [0.25, 0.3) is 0 Å². The molecule has 0 bridgehead atoms. The fraction of sp³-hybridized carbons (Fsp3) is 0.318. The number of imide groups is 1. The first-order chi connectivity index (χ1) is 15.0. The zero-order valence-corrected chi connectivity index (χ0v) is 17.7. The van der Waals surface area contributed by atoms with Gasteiger partial charge in [-0.3, -0.25) is 9.59 Å². The van der Waals surface area contributed by atoms with Crippen LogP contribution in [0, 0.1) is 0 Å². The van der Waals surface area contributed by atoms with Gasteiger partial charge in [0.15, 0.2) is 0 Å². The highest BCUT2D eigenvalue weighted by atomic mass is 16.5. The van der Waals surface area contributed by atoms with Crippen LogP contribution in [-0.4, -0.2) is 63.3 Å². The fourth-order valence-electron chi connectivity index (χ4n) is 3.33. The van der Waals surface area contributed by atoms with Crippen molar-refractivity contribution < 1.29 is 28.6 Å². The molecule has 9 nitrogen and oxygen atoms in total. The van der Waals surface area contributed by atoms with Crippen LogP contribution in [0.2, 0.25) is 0 Å². The van der Waals surface area contributed by atoms with E-state index in [1.54, 1.807) is 55.6 Å². The molecule has 3 rings (SSSR count). The Morgan fingerprint density at radius 2 is 1.71 bits per heavy atom. The topological polar surface area (TPSA) is 97.4 Å². The van der Waals surface area contributed by atoms with Gasteiger partial charge in [-0.2, -0.15) is 0 Å². The highest BCUT2D eigenvalue weighted by Crippen LogP contribution is 2.29. The number of rotatable bonds is 9. The number of carbonyl (C=O) groups excluding carboxylic acids is 3. The van der Waals surface area contributed by atoms with Gasteiger partial charge in [-0.1, -0.05) is 6.07 Å². The van der Waals surface area contributed by atoms with E-state index < -0.39 is 18.0 Å². The Balaban J connectivity index is 1.79. The first kappa shape index (κ1) is 22.1. The lowest BCUT2D eigenvalue weighted by Crippen LogP contribution is -2.39. The number of amides is 4. The van der Waals surface area contributed by atoms with Gasteiger partial charge in [-0.15, -0.1) is 0 Å². The minimum Gasteiger partial charge on any atom is -0.497 e. The third-order valence-corrected chi connectivity index (χ3v) is 4.92. The number of nitrogens with one attached hydrogen (secondary N) is 1. The molecule has 1 N–H and O–H groups in total. The summed E-state index contributed by atoms with van der Waals surface area (Å²) < 4.78 is 15.4. The van der Waals surface area contributed by atoms with Crippen LogP contribution in [0.3, 0.4) is 0 Å². The average Bonchev–Trinajstić information content (AvgIpc) is 3.01. The van der Waals surface area contributed by atoms with Crippen LogP contribution in [0.5, 0.6) is 11.5 Å². The maximum atomic E-state index is 13.1. The van der Waals surface area contributed by atoms with Crippen molar-refractivity contribution in [3.63, 3.8) is 0 Å². The highest BCUT2D eigenvalue weighted by molar-refractivity contribution is 6.22. The lowest BCUT2D eigenvalue weighted by molar-refractivity contribution is -0.124. The molecule has 0 radical (unpaired) electrons. The van der Waals surface area contributed by atoms with Crippen molar-refractivity contribution in [3.8, 4) is 11.5 Å². The summed E-state index contributed by atoms with van der Waals surface area (Å²) in [7, 11) is 4.57. The van der Waals surface area contributed by atoms with Crippen LogP contribution in [-0.2, 0) is 14.3 Å². The van der Waals surface area contributed by atoms with Crippen molar-refractivity contribution in [2.45, 2.75) is 12.5 Å². The molecule has 1 aliphatic rings. The molecule has 0 aromatic heterocycles. The molecule has 1 aliphatic heterocycles. The Bertz CT molecular complexity index is 947. The van der Waals surface area contributed by atoms with Crippen molar-refractivity contribution in [3.05, 3.63) is 48.5 Å². The minimum atomic E-state index is -0.938. The van der Waals surface area contributed by atoms with Gasteiger partial charge in [0.2, 0.25) is 5.91 Å². The van der Waals surface area contributed by atoms with E-state index in [-0.39, 0.29) is 25.5 Å². The smallest absolute Gasteiger partial charge is 0.332 e. The number of ether oxygens (including phenoxy) is 3. The zero-order valence-electron chi connectivity index (χ0n) is 17.7. The summed E-state index contributed by atoms with van der Waals surface area (Å²) >= 11 is 0. The maximum absolute atomic E-state index is 13.1. The molecule has 1 atom stereocenters. The second kappa shape index (κ2) is 9.94. The second-order valence-corrected chi connectivity index (χ2v) is 6.84. The first-order valence-electron chi connectivity index (χ1n) is 9.70. The summed E-state index contributed by atoms with van der Waals surface area (Å²) in [5.41, 5.74) is 0.950. The molecule has 0 aliphatic carbocycles. The molecule has 31 heavy (non-hydrogen) atoms. The summed E-state index contributed by atoms with van der Waals surface area (Å²) in [6.45, 7) is 0.420. The van der Waals surface area contributed by atoms with Crippen molar-refractivity contribution in [2.75, 3.05) is 44.7 Å². The van der Waals surface area contributed by atoms with E-state index in [1.165, 1.54) is 19.1 Å². The number of nitrogens with zero attached hydrogens (tertiary/aromatic N) is 2. The third-order valence-electron chi connectivity index (χ3n) is 4.92. The third kappa shape index (κ3) is 4.95. The Hall–Kier alpha value is -3.59. The maximum Gasteiger partial charge on any atom is 0.332 e. The summed E-state index contributed by atoms with van der Waals surface area (Å²) in [5, 5.41) is 2.75. The van der Waals surface area contributed by atoms with Crippen LogP contribution in [0.1, 0.15) is 6.42 Å². The molecule has 0 unspecified atom stereocenters. The van der Waals surface area contributed by atoms with Gasteiger partial charge >= 0.3 is 6.03 Å². The average molecular weight is 427 g/mol. The van der Waals surface area contributed by atoms with Crippen LogP contribution in [0.4, 0.5) is 16.2 Å². The van der Waals surface area contributed by atoms with Crippen LogP contribution < -0.4 is 19.7 Å². The van der Waals surface area contributed by atoms with Gasteiger partial charge in [0.1, 0.15) is 17.5 Å². The number of hydrogen-bond acceptors (Lipinski definition) is 6. The van der Waals surface area contributed by atoms with Gasteiger partial charge in [-0.05, 0) is 36.4 Å². The van der Waals surface area contributed by atoms with E-state index in [2.05, 4.69) is 5.32 Å². The van der Waals surface area contributed by atoms with Gasteiger partial charge in [0.25, 0.3) is 5.91 Å². The molecule has 4 amide bonds. The summed E-state index contributed by atoms with van der Waals surface area (Å²) in [6, 6.07) is 12.0. The molecule has 0 spiro atoms. The predicted molar refractivity (Wildman–Crippen MR) is 114 cm³/mol. The molecule has 1 heterocycles. The molecule has 164 valence electrons. The number of methoxy groups -OCH3 is 3. The van der Waals surface area contributed by atoms with E-state index in [1.807, 2.05) is 0 Å². The molecule has 0 saturated carbocycles. The Labute approximate surface area is 180 Å². The van der Waals surface area contributed by atoms with Crippen molar-refractivity contribution in [1.82, 2.24) is 4.90 Å². The number of urea groups is 1. The van der Waals surface area contributed by atoms with E-state index >= 15 is 0 Å². The summed E-state index contributed by atoms with van der Waals surface area (Å²) in [5.74, 6) is 0.321. The predicted octanol–water partition coefficient (Wildman–Crippen LogP) is 2.52. The minimum absolute atomic E-state index is 0.180. The Kier molecular flexibility index (Phi) is 7.09. The first-order valence-corrected chi connectivity index (χ1v) is 9.70. The SMILES string of the molecule is COCCN1C(=O)N(c2cccc(OC)c2)C(=O)[C@@H]1CC(=O)Nc1ccc(OC)cc1. The molecule has 1 fully saturated rings. The number of hydrogen-bond donors (Lipinski definition) is 1. The van der Waals surface area contributed by atoms with Crippen molar-refractivity contribution >= 4 is 29.2 Å². The Morgan fingerprint density at radius 1 is 1.00 bits per heavy atom. The van der Waals surface area contributed by atoms with Crippen molar-refractivity contribution in [1.29, 1.82) is 0 Å². The molecule has 9 heteroatoms. The monoisotopic (exact) mass is 427 g/mol. The zero-order chi connectivity index (χ0) is 22.4. The second-order valence-electron chi connectivity index (χ2n) is 6.84. The molecule has 1 saturated heterocycles. The van der Waals surface area contributed by atoms with E-state index in [0.29, 0.717) is 22.9 Å². The summed E-state index contributed by atoms with van der Waals surface area (Å²) in [6.07, 6.45) is -0.180. The number of anilines is 2. The lowest BCUT2D eigenvalue weighted by atomic mass is 10.1. The molecule has 2 aromatic carbocycles. The van der Waals surface area contributed by atoms with E-state index in [9.17, 15) is 14.4 Å². The van der Waals surface area contributed by atoms with Gasteiger partial charge in [0, 0.05) is 25.4 Å². The van der Waals surface area contributed by atoms with Gasteiger partial charge in [-0.25, -0.2) is 9.69 Å². The lowest BCUT2D eigenvalue weighted by Gasteiger charge is -2.21. The molecular weight excluding hydrogens is 402 g/mol. The largest absolute Gasteiger partial charge is 0.497 e. The van der Waals surface area contributed by atoms with E-state index in [0.717, 1.165) is 4.90 Å². The molecule has 2 aromatic rings. The Morgan fingerprint density at radius 3 is 2.35 bits per heavy atom. The number of carbonyl (C=O) groups is 3. The highest BCUT2D eigenvalue weighted by Gasteiger charge is 2.46. The standard InChI is InChI=1S/C22H25N3O6/c1-29-12-11-24-19(14-20(26)23-15-7-9-17(30-2)10-8-15)21(27)25(22(24)28)16-5-4-6-18(13-16)31-3/h4-10,13,19H,11-12,14H2,1-3H3,(H,23,26)/t19-/m0/s1.